The standard InChI is InChI=1S/C7H11NO/c1-6(2)4-3-5-7(8)9/h3-5H,1-2H3,(H2,8,9). The summed E-state index contributed by atoms with van der Waals surface area (Å²) >= 11 is 0. The van der Waals surface area contributed by atoms with Crippen LogP contribution in [-0.4, -0.2) is 5.91 Å². The lowest BCUT2D eigenvalue weighted by Crippen LogP contribution is -2.04. The van der Waals surface area contributed by atoms with Crippen LogP contribution in [0.3, 0.4) is 0 Å². The highest BCUT2D eigenvalue weighted by atomic mass is 16.1. The van der Waals surface area contributed by atoms with E-state index in [9.17, 15) is 4.79 Å². The molecule has 2 N–H and O–H groups in total. The van der Waals surface area contributed by atoms with Crippen molar-refractivity contribution in [1.29, 1.82) is 0 Å². The van der Waals surface area contributed by atoms with Gasteiger partial charge < -0.3 is 5.73 Å². The molecule has 0 aromatic carbocycles. The highest BCUT2D eigenvalue weighted by Crippen LogP contribution is 1.87. The normalized spacial score (nSPS) is 9.56. The van der Waals surface area contributed by atoms with E-state index in [4.69, 9.17) is 5.73 Å². The summed E-state index contributed by atoms with van der Waals surface area (Å²) in [7, 11) is 0. The van der Waals surface area contributed by atoms with Crippen molar-refractivity contribution in [2.75, 3.05) is 0 Å². The molecule has 0 saturated carbocycles. The van der Waals surface area contributed by atoms with Gasteiger partial charge in [0, 0.05) is 6.08 Å². The van der Waals surface area contributed by atoms with Gasteiger partial charge in [0.2, 0.25) is 5.91 Å². The molecule has 0 spiro atoms. The van der Waals surface area contributed by atoms with Crippen LogP contribution >= 0.6 is 0 Å². The molecule has 0 aromatic rings. The second-order valence-corrected chi connectivity index (χ2v) is 2.01. The second-order valence-electron chi connectivity index (χ2n) is 2.01. The molecule has 0 aliphatic carbocycles. The minimum absolute atomic E-state index is 0.410. The molecule has 0 radical (unpaired) electrons. The number of amides is 1. The van der Waals surface area contributed by atoms with Gasteiger partial charge in [-0.05, 0) is 13.8 Å². The molecule has 0 heterocycles. The minimum atomic E-state index is -0.410. The van der Waals surface area contributed by atoms with Gasteiger partial charge in [-0.3, -0.25) is 4.79 Å². The maximum atomic E-state index is 10.1. The van der Waals surface area contributed by atoms with Crippen molar-refractivity contribution in [1.82, 2.24) is 0 Å². The Morgan fingerprint density at radius 2 is 2.00 bits per heavy atom. The fourth-order valence-corrected chi connectivity index (χ4v) is 0.335. The van der Waals surface area contributed by atoms with Crippen molar-refractivity contribution in [2.45, 2.75) is 13.8 Å². The minimum Gasteiger partial charge on any atom is -0.366 e. The van der Waals surface area contributed by atoms with E-state index in [-0.39, 0.29) is 0 Å². The molecule has 0 saturated heterocycles. The van der Waals surface area contributed by atoms with Gasteiger partial charge in [0.05, 0.1) is 0 Å². The lowest BCUT2D eigenvalue weighted by Gasteiger charge is -1.80. The molecule has 2 heteroatoms. The van der Waals surface area contributed by atoms with Gasteiger partial charge in [0.1, 0.15) is 0 Å². The molecule has 0 fully saturated rings. The number of hydrogen-bond donors (Lipinski definition) is 1. The molecule has 50 valence electrons. The first kappa shape index (κ1) is 7.95. The van der Waals surface area contributed by atoms with E-state index in [0.717, 1.165) is 5.57 Å². The van der Waals surface area contributed by atoms with E-state index in [1.54, 1.807) is 6.08 Å². The summed E-state index contributed by atoms with van der Waals surface area (Å²) in [6.45, 7) is 3.90. The van der Waals surface area contributed by atoms with Gasteiger partial charge in [-0.15, -0.1) is 0 Å². The van der Waals surface area contributed by atoms with E-state index < -0.39 is 5.91 Å². The quantitative estimate of drug-likeness (QED) is 0.434. The van der Waals surface area contributed by atoms with E-state index in [1.807, 2.05) is 19.9 Å². The molecule has 0 bridgehead atoms. The number of hydrogen-bond acceptors (Lipinski definition) is 1. The number of nitrogens with two attached hydrogens (primary N) is 1. The third-order valence-corrected chi connectivity index (χ3v) is 0.690. The molecule has 1 amide bonds. The molecule has 0 unspecified atom stereocenters. The average Bonchev–Trinajstić information content (AvgIpc) is 1.63. The Balaban J connectivity index is 3.74. The zero-order valence-electron chi connectivity index (χ0n) is 5.72. The average molecular weight is 125 g/mol. The van der Waals surface area contributed by atoms with Crippen molar-refractivity contribution in [3.63, 3.8) is 0 Å². The van der Waals surface area contributed by atoms with E-state index in [0.29, 0.717) is 0 Å². The first-order valence-corrected chi connectivity index (χ1v) is 2.74. The van der Waals surface area contributed by atoms with Crippen LogP contribution in [0.5, 0.6) is 0 Å². The molecule has 0 aromatic heterocycles. The highest BCUT2D eigenvalue weighted by Gasteiger charge is 1.77. The van der Waals surface area contributed by atoms with Crippen LogP contribution in [0.1, 0.15) is 13.8 Å². The number of rotatable bonds is 2. The molecule has 0 rings (SSSR count). The summed E-state index contributed by atoms with van der Waals surface area (Å²) in [6, 6.07) is 0. The number of carbonyl (C=O) groups is 1. The zero-order chi connectivity index (χ0) is 7.28. The predicted octanol–water partition coefficient (Wildman–Crippen LogP) is 0.994. The fraction of sp³-hybridized carbons (Fsp3) is 0.286. The van der Waals surface area contributed by atoms with Crippen molar-refractivity contribution in [2.24, 2.45) is 5.73 Å². The van der Waals surface area contributed by atoms with Gasteiger partial charge in [-0.2, -0.15) is 0 Å². The Morgan fingerprint density at radius 3 is 2.33 bits per heavy atom. The summed E-state index contributed by atoms with van der Waals surface area (Å²) < 4.78 is 0. The van der Waals surface area contributed by atoms with Crippen LogP contribution in [0, 0.1) is 0 Å². The van der Waals surface area contributed by atoms with E-state index in [2.05, 4.69) is 0 Å². The van der Waals surface area contributed by atoms with Crippen molar-refractivity contribution in [3.8, 4) is 0 Å². The maximum absolute atomic E-state index is 10.1. The molecule has 2 nitrogen and oxygen atoms in total. The van der Waals surface area contributed by atoms with Crippen LogP contribution in [0.4, 0.5) is 0 Å². The van der Waals surface area contributed by atoms with Gasteiger partial charge in [0.25, 0.3) is 0 Å². The third kappa shape index (κ3) is 6.95. The molecular weight excluding hydrogens is 114 g/mol. The Labute approximate surface area is 55.1 Å². The maximum Gasteiger partial charge on any atom is 0.241 e. The first-order valence-electron chi connectivity index (χ1n) is 2.74. The molecule has 0 aliphatic heterocycles. The van der Waals surface area contributed by atoms with Crippen molar-refractivity contribution in [3.05, 3.63) is 23.8 Å². The first-order chi connectivity index (χ1) is 4.13. The smallest absolute Gasteiger partial charge is 0.241 e. The van der Waals surface area contributed by atoms with Gasteiger partial charge in [0.15, 0.2) is 0 Å². The van der Waals surface area contributed by atoms with E-state index >= 15 is 0 Å². The van der Waals surface area contributed by atoms with Gasteiger partial charge in [-0.1, -0.05) is 17.7 Å². The summed E-state index contributed by atoms with van der Waals surface area (Å²) in [5, 5.41) is 0. The Morgan fingerprint density at radius 1 is 1.44 bits per heavy atom. The van der Waals surface area contributed by atoms with Crippen LogP contribution in [0.25, 0.3) is 0 Å². The van der Waals surface area contributed by atoms with Crippen LogP contribution in [-0.2, 0) is 4.79 Å². The molecule has 0 atom stereocenters. The number of carbonyl (C=O) groups excluding carboxylic acids is 1. The van der Waals surface area contributed by atoms with Crippen LogP contribution in [0.15, 0.2) is 23.8 Å². The van der Waals surface area contributed by atoms with Crippen LogP contribution in [0.2, 0.25) is 0 Å². The van der Waals surface area contributed by atoms with Crippen molar-refractivity contribution < 1.29 is 4.79 Å². The van der Waals surface area contributed by atoms with E-state index in [1.165, 1.54) is 6.08 Å². The third-order valence-electron chi connectivity index (χ3n) is 0.690. The summed E-state index contributed by atoms with van der Waals surface area (Å²) in [5.74, 6) is -0.410. The lowest BCUT2D eigenvalue weighted by atomic mass is 10.3. The Bertz CT molecular complexity index is 152. The monoisotopic (exact) mass is 125 g/mol. The summed E-state index contributed by atoms with van der Waals surface area (Å²) in [6.07, 6.45) is 4.79. The van der Waals surface area contributed by atoms with Gasteiger partial charge in [-0.25, -0.2) is 0 Å². The second kappa shape index (κ2) is 3.89. The molecule has 0 aliphatic rings. The topological polar surface area (TPSA) is 43.1 Å². The molecule has 9 heavy (non-hydrogen) atoms. The molecular formula is C7H11NO. The van der Waals surface area contributed by atoms with Crippen LogP contribution < -0.4 is 5.73 Å². The Kier molecular flexibility index (Phi) is 3.44. The Hall–Kier alpha value is -1.05. The number of primary amides is 1. The lowest BCUT2D eigenvalue weighted by molar-refractivity contribution is -0.113. The zero-order valence-corrected chi connectivity index (χ0v) is 5.72. The van der Waals surface area contributed by atoms with Gasteiger partial charge >= 0.3 is 0 Å². The number of allylic oxidation sites excluding steroid dienone is 3. The summed E-state index contributed by atoms with van der Waals surface area (Å²) in [5.41, 5.74) is 5.97. The predicted molar refractivity (Wildman–Crippen MR) is 37.8 cm³/mol. The SMILES string of the molecule is CC(C)=CC=CC(N)=O. The largest absolute Gasteiger partial charge is 0.366 e. The highest BCUT2D eigenvalue weighted by molar-refractivity contribution is 5.85. The summed E-state index contributed by atoms with van der Waals surface area (Å²) in [4.78, 5) is 10.1. The van der Waals surface area contributed by atoms with Crippen molar-refractivity contribution >= 4 is 5.91 Å². The fourth-order valence-electron chi connectivity index (χ4n) is 0.335.